The van der Waals surface area contributed by atoms with Gasteiger partial charge in [-0.15, -0.1) is 11.3 Å². The molecule has 1 heterocycles. The number of rotatable bonds is 4. The molecule has 2 aromatic rings. The van der Waals surface area contributed by atoms with Crippen LogP contribution >= 0.6 is 33.9 Å². The summed E-state index contributed by atoms with van der Waals surface area (Å²) >= 11 is 3.95. The third kappa shape index (κ3) is 3.10. The van der Waals surface area contributed by atoms with Crippen LogP contribution in [-0.4, -0.2) is 6.54 Å². The monoisotopic (exact) mass is 375 g/mol. The Kier molecular flexibility index (Phi) is 4.75. The molecule has 18 heavy (non-hydrogen) atoms. The molecule has 0 spiro atoms. The Hall–Kier alpha value is -0.460. The minimum absolute atomic E-state index is 0.180. The molecule has 0 amide bonds. The SMILES string of the molecule is CCNC(C)c1ccc(-c2ccc(F)cc2I)s1. The van der Waals surface area contributed by atoms with Crippen molar-refractivity contribution >= 4 is 33.9 Å². The molecule has 1 nitrogen and oxygen atoms in total. The maximum absolute atomic E-state index is 13.1. The molecule has 2 rings (SSSR count). The highest BCUT2D eigenvalue weighted by molar-refractivity contribution is 14.1. The van der Waals surface area contributed by atoms with Gasteiger partial charge in [-0.2, -0.15) is 0 Å². The third-order valence-electron chi connectivity index (χ3n) is 2.76. The maximum Gasteiger partial charge on any atom is 0.124 e. The average molecular weight is 375 g/mol. The summed E-state index contributed by atoms with van der Waals surface area (Å²) in [7, 11) is 0. The molecule has 0 bridgehead atoms. The van der Waals surface area contributed by atoms with E-state index in [-0.39, 0.29) is 5.82 Å². The Morgan fingerprint density at radius 3 is 2.78 bits per heavy atom. The van der Waals surface area contributed by atoms with Crippen molar-refractivity contribution in [1.82, 2.24) is 5.32 Å². The van der Waals surface area contributed by atoms with Gasteiger partial charge in [0.25, 0.3) is 0 Å². The zero-order valence-corrected chi connectivity index (χ0v) is 13.3. The summed E-state index contributed by atoms with van der Waals surface area (Å²) in [6.07, 6.45) is 0. The normalized spacial score (nSPS) is 12.7. The summed E-state index contributed by atoms with van der Waals surface area (Å²) in [6.45, 7) is 5.23. The molecule has 1 unspecified atom stereocenters. The van der Waals surface area contributed by atoms with Gasteiger partial charge in [0.15, 0.2) is 0 Å². The lowest BCUT2D eigenvalue weighted by Crippen LogP contribution is -2.16. The van der Waals surface area contributed by atoms with Gasteiger partial charge in [0.2, 0.25) is 0 Å². The maximum atomic E-state index is 13.1. The molecule has 96 valence electrons. The van der Waals surface area contributed by atoms with Crippen LogP contribution in [0, 0.1) is 9.39 Å². The Morgan fingerprint density at radius 1 is 1.33 bits per heavy atom. The van der Waals surface area contributed by atoms with Crippen LogP contribution in [0.3, 0.4) is 0 Å². The first-order chi connectivity index (χ1) is 8.61. The van der Waals surface area contributed by atoms with E-state index in [9.17, 15) is 4.39 Å². The van der Waals surface area contributed by atoms with E-state index in [1.807, 2.05) is 6.07 Å². The molecule has 0 aliphatic carbocycles. The van der Waals surface area contributed by atoms with Crippen LogP contribution in [0.2, 0.25) is 0 Å². The van der Waals surface area contributed by atoms with Gasteiger partial charge < -0.3 is 5.32 Å². The summed E-state index contributed by atoms with van der Waals surface area (Å²) < 4.78 is 14.0. The summed E-state index contributed by atoms with van der Waals surface area (Å²) in [6, 6.07) is 9.57. The zero-order valence-electron chi connectivity index (χ0n) is 10.3. The lowest BCUT2D eigenvalue weighted by atomic mass is 10.2. The van der Waals surface area contributed by atoms with Gasteiger partial charge in [-0.3, -0.25) is 0 Å². The number of hydrogen-bond donors (Lipinski definition) is 1. The first-order valence-electron chi connectivity index (χ1n) is 5.90. The fraction of sp³-hybridized carbons (Fsp3) is 0.286. The van der Waals surface area contributed by atoms with Crippen LogP contribution < -0.4 is 5.32 Å². The molecular weight excluding hydrogens is 360 g/mol. The van der Waals surface area contributed by atoms with Crippen molar-refractivity contribution < 1.29 is 4.39 Å². The fourth-order valence-corrected chi connectivity index (χ4v) is 3.85. The van der Waals surface area contributed by atoms with Gasteiger partial charge in [-0.05, 0) is 66.4 Å². The molecule has 1 N–H and O–H groups in total. The quantitative estimate of drug-likeness (QED) is 0.755. The summed E-state index contributed by atoms with van der Waals surface area (Å²) in [5, 5.41) is 3.40. The Labute approximate surface area is 125 Å². The molecule has 0 radical (unpaired) electrons. The predicted octanol–water partition coefficient (Wildman–Crippen LogP) is 4.83. The smallest absolute Gasteiger partial charge is 0.124 e. The predicted molar refractivity (Wildman–Crippen MR) is 84.5 cm³/mol. The number of nitrogens with one attached hydrogen (secondary N) is 1. The van der Waals surface area contributed by atoms with Gasteiger partial charge in [-0.1, -0.05) is 6.92 Å². The minimum Gasteiger partial charge on any atom is -0.310 e. The largest absolute Gasteiger partial charge is 0.310 e. The summed E-state index contributed by atoms with van der Waals surface area (Å²) in [5.74, 6) is -0.180. The van der Waals surface area contributed by atoms with Gasteiger partial charge in [0.05, 0.1) is 0 Å². The molecule has 0 fully saturated rings. The second-order valence-electron chi connectivity index (χ2n) is 4.11. The van der Waals surface area contributed by atoms with Crippen molar-refractivity contribution in [3.63, 3.8) is 0 Å². The standard InChI is InChI=1S/C14H15FINS/c1-3-17-9(2)13-6-7-14(18-13)11-5-4-10(15)8-12(11)16/h4-9,17H,3H2,1-2H3. The van der Waals surface area contributed by atoms with E-state index in [0.717, 1.165) is 15.7 Å². The van der Waals surface area contributed by atoms with E-state index in [2.05, 4.69) is 53.9 Å². The van der Waals surface area contributed by atoms with Crippen molar-refractivity contribution in [2.24, 2.45) is 0 Å². The van der Waals surface area contributed by atoms with Crippen LogP contribution in [0.25, 0.3) is 10.4 Å². The molecule has 0 aliphatic rings. The van der Waals surface area contributed by atoms with E-state index in [4.69, 9.17) is 0 Å². The zero-order chi connectivity index (χ0) is 13.1. The Morgan fingerprint density at radius 2 is 2.11 bits per heavy atom. The highest BCUT2D eigenvalue weighted by Crippen LogP contribution is 2.34. The topological polar surface area (TPSA) is 12.0 Å². The second kappa shape index (κ2) is 6.12. The first kappa shape index (κ1) is 14.0. The van der Waals surface area contributed by atoms with Crippen molar-refractivity contribution in [3.05, 3.63) is 44.6 Å². The van der Waals surface area contributed by atoms with Crippen molar-refractivity contribution in [1.29, 1.82) is 0 Å². The molecule has 1 aromatic carbocycles. The van der Waals surface area contributed by atoms with Gasteiger partial charge in [-0.25, -0.2) is 4.39 Å². The van der Waals surface area contributed by atoms with Gasteiger partial charge in [0, 0.05) is 24.9 Å². The average Bonchev–Trinajstić information content (AvgIpc) is 2.78. The fourth-order valence-electron chi connectivity index (χ4n) is 1.83. The highest BCUT2D eigenvalue weighted by atomic mass is 127. The van der Waals surface area contributed by atoms with Crippen LogP contribution in [-0.2, 0) is 0 Å². The summed E-state index contributed by atoms with van der Waals surface area (Å²) in [5.41, 5.74) is 1.11. The van der Waals surface area contributed by atoms with Crippen molar-refractivity contribution in [3.8, 4) is 10.4 Å². The number of benzene rings is 1. The van der Waals surface area contributed by atoms with Crippen LogP contribution in [0.5, 0.6) is 0 Å². The summed E-state index contributed by atoms with van der Waals surface area (Å²) in [4.78, 5) is 2.51. The Balaban J connectivity index is 2.29. The molecule has 1 atom stereocenters. The van der Waals surface area contributed by atoms with Crippen LogP contribution in [0.4, 0.5) is 4.39 Å². The molecule has 0 saturated heterocycles. The van der Waals surface area contributed by atoms with Gasteiger partial charge in [0.1, 0.15) is 5.82 Å². The first-order valence-corrected chi connectivity index (χ1v) is 7.80. The Bertz CT molecular complexity index is 538. The minimum atomic E-state index is -0.180. The lowest BCUT2D eigenvalue weighted by molar-refractivity contribution is 0.607. The van der Waals surface area contributed by atoms with E-state index >= 15 is 0 Å². The van der Waals surface area contributed by atoms with Crippen molar-refractivity contribution in [2.45, 2.75) is 19.9 Å². The molecular formula is C14H15FINS. The van der Waals surface area contributed by atoms with Crippen LogP contribution in [0.15, 0.2) is 30.3 Å². The molecule has 0 aliphatic heterocycles. The van der Waals surface area contributed by atoms with E-state index in [0.29, 0.717) is 6.04 Å². The van der Waals surface area contributed by atoms with Crippen LogP contribution in [0.1, 0.15) is 24.8 Å². The van der Waals surface area contributed by atoms with E-state index < -0.39 is 0 Å². The van der Waals surface area contributed by atoms with E-state index in [1.165, 1.54) is 15.8 Å². The third-order valence-corrected chi connectivity index (χ3v) is 4.95. The molecule has 4 heteroatoms. The van der Waals surface area contributed by atoms with E-state index in [1.54, 1.807) is 17.4 Å². The van der Waals surface area contributed by atoms with Crippen molar-refractivity contribution in [2.75, 3.05) is 6.54 Å². The highest BCUT2D eigenvalue weighted by Gasteiger charge is 2.10. The molecule has 0 saturated carbocycles. The molecule has 1 aromatic heterocycles. The van der Waals surface area contributed by atoms with Gasteiger partial charge >= 0.3 is 0 Å². The second-order valence-corrected chi connectivity index (χ2v) is 6.38. The lowest BCUT2D eigenvalue weighted by Gasteiger charge is -2.09. The number of hydrogen-bond acceptors (Lipinski definition) is 2. The number of halogens is 2. The number of thiophene rings is 1.